The van der Waals surface area contributed by atoms with Gasteiger partial charge in [0.1, 0.15) is 18.4 Å². The standard InChI is InChI=1S/C20H31N3O4S/c1-5-22(6-2)15(3)21-18(24)13-19(25)23-11-12-28-20(23)14-27-17-10-8-7-9-16(17)26-4/h7-10,15,20H,5-6,11-14H2,1-4H3,(H,21,24). The summed E-state index contributed by atoms with van der Waals surface area (Å²) in [4.78, 5) is 28.8. The number of ether oxygens (including phenoxy) is 2. The molecular formula is C20H31N3O4S. The first-order valence-corrected chi connectivity index (χ1v) is 10.7. The average Bonchev–Trinajstić information content (AvgIpc) is 3.16. The normalized spacial score (nSPS) is 17.5. The number of carbonyl (C=O) groups is 2. The fourth-order valence-electron chi connectivity index (χ4n) is 3.23. The van der Waals surface area contributed by atoms with Crippen LogP contribution in [0.15, 0.2) is 24.3 Å². The van der Waals surface area contributed by atoms with Crippen molar-refractivity contribution in [3.63, 3.8) is 0 Å². The third-order valence-electron chi connectivity index (χ3n) is 4.80. The molecule has 8 heteroatoms. The van der Waals surface area contributed by atoms with Crippen molar-refractivity contribution in [1.82, 2.24) is 15.1 Å². The smallest absolute Gasteiger partial charge is 0.233 e. The van der Waals surface area contributed by atoms with Crippen molar-refractivity contribution in [2.24, 2.45) is 0 Å². The molecule has 1 aliphatic rings. The van der Waals surface area contributed by atoms with Gasteiger partial charge in [-0.3, -0.25) is 14.5 Å². The molecule has 0 aliphatic carbocycles. The molecule has 1 fully saturated rings. The highest BCUT2D eigenvalue weighted by Gasteiger charge is 2.31. The van der Waals surface area contributed by atoms with Crippen LogP contribution in [0.25, 0.3) is 0 Å². The number of para-hydroxylation sites is 2. The molecule has 2 atom stereocenters. The molecule has 2 amide bonds. The van der Waals surface area contributed by atoms with E-state index in [4.69, 9.17) is 9.47 Å². The lowest BCUT2D eigenvalue weighted by Gasteiger charge is -2.28. The Morgan fingerprint density at radius 3 is 2.61 bits per heavy atom. The lowest BCUT2D eigenvalue weighted by Crippen LogP contribution is -2.48. The van der Waals surface area contributed by atoms with E-state index < -0.39 is 0 Å². The van der Waals surface area contributed by atoms with Crippen LogP contribution in [-0.4, -0.2) is 72.3 Å². The molecule has 28 heavy (non-hydrogen) atoms. The molecule has 1 heterocycles. The van der Waals surface area contributed by atoms with E-state index in [1.165, 1.54) is 0 Å². The maximum Gasteiger partial charge on any atom is 0.233 e. The Morgan fingerprint density at radius 2 is 1.96 bits per heavy atom. The van der Waals surface area contributed by atoms with Crippen molar-refractivity contribution >= 4 is 23.6 Å². The molecule has 2 rings (SSSR count). The first-order chi connectivity index (χ1) is 13.5. The van der Waals surface area contributed by atoms with Crippen LogP contribution in [0.4, 0.5) is 0 Å². The Morgan fingerprint density at radius 1 is 1.29 bits per heavy atom. The summed E-state index contributed by atoms with van der Waals surface area (Å²) >= 11 is 1.66. The summed E-state index contributed by atoms with van der Waals surface area (Å²) < 4.78 is 11.2. The molecule has 0 radical (unpaired) electrons. The lowest BCUT2D eigenvalue weighted by molar-refractivity contribution is -0.137. The van der Waals surface area contributed by atoms with Crippen LogP contribution in [0, 0.1) is 0 Å². The maximum atomic E-state index is 12.6. The first kappa shape index (κ1) is 22.4. The van der Waals surface area contributed by atoms with Crippen molar-refractivity contribution in [1.29, 1.82) is 0 Å². The van der Waals surface area contributed by atoms with E-state index in [2.05, 4.69) is 10.2 Å². The van der Waals surface area contributed by atoms with E-state index in [0.717, 1.165) is 18.8 Å². The second-order valence-corrected chi connectivity index (χ2v) is 7.80. The molecule has 0 saturated carbocycles. The Hall–Kier alpha value is -1.93. The number of hydrogen-bond donors (Lipinski definition) is 1. The number of amides is 2. The van der Waals surface area contributed by atoms with Gasteiger partial charge in [0, 0.05) is 12.3 Å². The zero-order chi connectivity index (χ0) is 20.5. The molecule has 156 valence electrons. The lowest BCUT2D eigenvalue weighted by atomic mass is 10.3. The highest BCUT2D eigenvalue weighted by Crippen LogP contribution is 2.29. The number of methoxy groups -OCH3 is 1. The number of rotatable bonds is 10. The molecule has 1 aromatic rings. The third kappa shape index (κ3) is 6.04. The van der Waals surface area contributed by atoms with Gasteiger partial charge in [-0.2, -0.15) is 0 Å². The molecular weight excluding hydrogens is 378 g/mol. The van der Waals surface area contributed by atoms with Crippen molar-refractivity contribution < 1.29 is 19.1 Å². The van der Waals surface area contributed by atoms with Gasteiger partial charge in [0.2, 0.25) is 11.8 Å². The quantitative estimate of drug-likeness (QED) is 0.472. The van der Waals surface area contributed by atoms with E-state index in [1.807, 2.05) is 45.0 Å². The van der Waals surface area contributed by atoms with Gasteiger partial charge >= 0.3 is 0 Å². The first-order valence-electron chi connectivity index (χ1n) is 9.70. The predicted octanol–water partition coefficient (Wildman–Crippen LogP) is 2.17. The van der Waals surface area contributed by atoms with E-state index >= 15 is 0 Å². The van der Waals surface area contributed by atoms with E-state index in [9.17, 15) is 9.59 Å². The fraction of sp³-hybridized carbons (Fsp3) is 0.600. The highest BCUT2D eigenvalue weighted by atomic mass is 32.2. The minimum absolute atomic E-state index is 0.0899. The highest BCUT2D eigenvalue weighted by molar-refractivity contribution is 8.00. The van der Waals surface area contributed by atoms with Gasteiger partial charge in [0.15, 0.2) is 11.5 Å². The van der Waals surface area contributed by atoms with Crippen molar-refractivity contribution in [2.45, 2.75) is 38.7 Å². The Labute approximate surface area is 171 Å². The molecule has 1 aliphatic heterocycles. The summed E-state index contributed by atoms with van der Waals surface area (Å²) in [6.07, 6.45) is -0.231. The van der Waals surface area contributed by atoms with Gasteiger partial charge < -0.3 is 19.7 Å². The fourth-order valence-corrected chi connectivity index (χ4v) is 4.37. The van der Waals surface area contributed by atoms with Crippen molar-refractivity contribution in [3.05, 3.63) is 24.3 Å². The van der Waals surface area contributed by atoms with Gasteiger partial charge in [-0.15, -0.1) is 11.8 Å². The van der Waals surface area contributed by atoms with Crippen LogP contribution < -0.4 is 14.8 Å². The predicted molar refractivity (Wildman–Crippen MR) is 112 cm³/mol. The van der Waals surface area contributed by atoms with Gasteiger partial charge in [-0.1, -0.05) is 26.0 Å². The number of nitrogens with one attached hydrogen (secondary N) is 1. The molecule has 1 aromatic carbocycles. The van der Waals surface area contributed by atoms with Gasteiger partial charge in [-0.25, -0.2) is 0 Å². The summed E-state index contributed by atoms with van der Waals surface area (Å²) in [5.41, 5.74) is 0. The third-order valence-corrected chi connectivity index (χ3v) is 6.00. The van der Waals surface area contributed by atoms with E-state index in [1.54, 1.807) is 23.8 Å². The molecule has 1 saturated heterocycles. The topological polar surface area (TPSA) is 71.1 Å². The SMILES string of the molecule is CCN(CC)C(C)NC(=O)CC(=O)N1CCSC1COc1ccccc1OC. The van der Waals surface area contributed by atoms with Crippen LogP contribution in [-0.2, 0) is 9.59 Å². The van der Waals surface area contributed by atoms with Crippen LogP contribution in [0.1, 0.15) is 27.2 Å². The van der Waals surface area contributed by atoms with Crippen molar-refractivity contribution in [3.8, 4) is 11.5 Å². The minimum Gasteiger partial charge on any atom is -0.493 e. The molecule has 7 nitrogen and oxygen atoms in total. The molecule has 0 spiro atoms. The second-order valence-electron chi connectivity index (χ2n) is 6.52. The molecule has 2 unspecified atom stereocenters. The monoisotopic (exact) mass is 409 g/mol. The summed E-state index contributed by atoms with van der Waals surface area (Å²) in [5, 5.41) is 2.80. The van der Waals surface area contributed by atoms with E-state index in [-0.39, 0.29) is 29.8 Å². The summed E-state index contributed by atoms with van der Waals surface area (Å²) in [6, 6.07) is 7.43. The van der Waals surface area contributed by atoms with Gasteiger partial charge in [-0.05, 0) is 32.1 Å². The van der Waals surface area contributed by atoms with Gasteiger partial charge in [0.25, 0.3) is 0 Å². The zero-order valence-electron chi connectivity index (χ0n) is 17.1. The molecule has 0 bridgehead atoms. The van der Waals surface area contributed by atoms with Crippen molar-refractivity contribution in [2.75, 3.05) is 39.1 Å². The Balaban J connectivity index is 1.87. The van der Waals surface area contributed by atoms with Gasteiger partial charge in [0.05, 0.1) is 13.3 Å². The Bertz CT molecular complexity index is 654. The van der Waals surface area contributed by atoms with Crippen LogP contribution in [0.2, 0.25) is 0 Å². The second kappa shape index (κ2) is 11.2. The summed E-state index contributed by atoms with van der Waals surface area (Å²) in [6.45, 7) is 8.70. The van der Waals surface area contributed by atoms with Crippen LogP contribution in [0.3, 0.4) is 0 Å². The summed E-state index contributed by atoms with van der Waals surface area (Å²) in [7, 11) is 1.60. The number of carbonyl (C=O) groups excluding carboxylic acids is 2. The average molecular weight is 410 g/mol. The summed E-state index contributed by atoms with van der Waals surface area (Å²) in [5.74, 6) is 1.74. The number of nitrogens with zero attached hydrogens (tertiary/aromatic N) is 2. The zero-order valence-corrected chi connectivity index (χ0v) is 18.0. The number of thioether (sulfide) groups is 1. The maximum absolute atomic E-state index is 12.6. The minimum atomic E-state index is -0.245. The van der Waals surface area contributed by atoms with Crippen LogP contribution in [0.5, 0.6) is 11.5 Å². The Kier molecular flexibility index (Phi) is 8.92. The number of benzene rings is 1. The largest absolute Gasteiger partial charge is 0.493 e. The number of hydrogen-bond acceptors (Lipinski definition) is 6. The van der Waals surface area contributed by atoms with E-state index in [0.29, 0.717) is 24.7 Å². The molecule has 0 aromatic heterocycles. The van der Waals surface area contributed by atoms with Crippen LogP contribution >= 0.6 is 11.8 Å². The molecule has 1 N–H and O–H groups in total.